The predicted octanol–water partition coefficient (Wildman–Crippen LogP) is 2.48. The van der Waals surface area contributed by atoms with Crippen molar-refractivity contribution in [1.29, 1.82) is 0 Å². The molecule has 26 heavy (non-hydrogen) atoms. The largest absolute Gasteiger partial charge is 0.500 e. The zero-order valence-electron chi connectivity index (χ0n) is 16.9. The molecule has 0 aromatic rings. The maximum atomic E-state index is 12.0. The van der Waals surface area contributed by atoms with Crippen LogP contribution in [0.4, 0.5) is 4.79 Å². The molecule has 10 heteroatoms. The highest BCUT2D eigenvalue weighted by Gasteiger charge is 2.40. The van der Waals surface area contributed by atoms with Gasteiger partial charge in [0.15, 0.2) is 0 Å². The van der Waals surface area contributed by atoms with Crippen molar-refractivity contribution in [2.75, 3.05) is 46.7 Å². The Balaban J connectivity index is 4.52. The van der Waals surface area contributed by atoms with E-state index < -0.39 is 21.1 Å². The molecule has 0 aliphatic heterocycles. The number of rotatable bonds is 16. The molecule has 0 heterocycles. The summed E-state index contributed by atoms with van der Waals surface area (Å²) in [6.07, 6.45) is -1.93. The molecule has 0 aromatic heterocycles. The van der Waals surface area contributed by atoms with Gasteiger partial charge in [-0.05, 0) is 41.0 Å². The highest BCUT2D eigenvalue weighted by molar-refractivity contribution is 6.60. The molecule has 1 N–H and O–H groups in total. The molecule has 0 radical (unpaired) electrons. The molecule has 0 saturated carbocycles. The third-order valence-corrected chi connectivity index (χ3v) is 6.28. The van der Waals surface area contributed by atoms with Crippen LogP contribution in [0.2, 0.25) is 6.04 Å². The number of amides is 1. The molecular weight excluding hydrogens is 362 g/mol. The Labute approximate surface area is 157 Å². The first-order valence-corrected chi connectivity index (χ1v) is 11.1. The second-order valence-electron chi connectivity index (χ2n) is 4.97. The average molecular weight is 398 g/mol. The smallest absolute Gasteiger partial charge is 0.374 e. The minimum atomic E-state index is -2.71. The van der Waals surface area contributed by atoms with Gasteiger partial charge in [0.05, 0.1) is 13.2 Å². The van der Waals surface area contributed by atoms with Crippen LogP contribution >= 0.6 is 0 Å². The van der Waals surface area contributed by atoms with Crippen LogP contribution in [0.25, 0.3) is 0 Å². The fourth-order valence-electron chi connectivity index (χ4n) is 2.26. The van der Waals surface area contributed by atoms with Crippen molar-refractivity contribution in [3.05, 3.63) is 0 Å². The van der Waals surface area contributed by atoms with Crippen LogP contribution in [0.1, 0.15) is 41.0 Å². The summed E-state index contributed by atoms with van der Waals surface area (Å²) in [6, 6.07) is 0.592. The van der Waals surface area contributed by atoms with Crippen LogP contribution in [0.15, 0.2) is 0 Å². The van der Waals surface area contributed by atoms with Crippen LogP contribution in [-0.2, 0) is 32.2 Å². The van der Waals surface area contributed by atoms with E-state index in [1.165, 1.54) is 7.11 Å². The third-order valence-electron chi connectivity index (χ3n) is 3.13. The van der Waals surface area contributed by atoms with Gasteiger partial charge in [0.25, 0.3) is 0 Å². The Morgan fingerprint density at radius 3 is 1.77 bits per heavy atom. The molecule has 156 valence electrons. The molecule has 9 nitrogen and oxygen atoms in total. The van der Waals surface area contributed by atoms with Crippen molar-refractivity contribution < 1.29 is 37.0 Å². The molecule has 0 spiro atoms. The van der Waals surface area contributed by atoms with E-state index in [2.05, 4.69) is 5.32 Å². The summed E-state index contributed by atoms with van der Waals surface area (Å²) in [5.41, 5.74) is 0. The summed E-state index contributed by atoms with van der Waals surface area (Å²) in [5, 5.41) is 2.64. The minimum Gasteiger partial charge on any atom is -0.374 e. The quantitative estimate of drug-likeness (QED) is 0.241. The van der Waals surface area contributed by atoms with Crippen molar-refractivity contribution in [1.82, 2.24) is 5.32 Å². The van der Waals surface area contributed by atoms with E-state index in [4.69, 9.17) is 32.2 Å². The van der Waals surface area contributed by atoms with Gasteiger partial charge in [0, 0.05) is 39.5 Å². The molecule has 0 saturated heterocycles. The van der Waals surface area contributed by atoms with Crippen LogP contribution in [0, 0.1) is 0 Å². The Hall–Kier alpha value is -0.753. The number of carbonyl (C=O) groups excluding carboxylic acids is 1. The summed E-state index contributed by atoms with van der Waals surface area (Å²) in [7, 11) is -1.37. The Morgan fingerprint density at radius 1 is 0.885 bits per heavy atom. The molecule has 0 aliphatic carbocycles. The number of alkyl carbamates (subject to hydrolysis) is 1. The zero-order chi connectivity index (χ0) is 19.9. The molecular formula is C16H35NO8Si. The summed E-state index contributed by atoms with van der Waals surface area (Å²) >= 11 is 0. The molecule has 0 unspecified atom stereocenters. The van der Waals surface area contributed by atoms with E-state index in [1.807, 2.05) is 20.8 Å². The van der Waals surface area contributed by atoms with E-state index in [9.17, 15) is 4.79 Å². The van der Waals surface area contributed by atoms with Crippen molar-refractivity contribution in [2.45, 2.75) is 53.2 Å². The van der Waals surface area contributed by atoms with Crippen molar-refractivity contribution >= 4 is 14.9 Å². The van der Waals surface area contributed by atoms with Gasteiger partial charge in [0.2, 0.25) is 0 Å². The van der Waals surface area contributed by atoms with Gasteiger partial charge in [0.1, 0.15) is 0 Å². The first-order chi connectivity index (χ1) is 12.5. The maximum Gasteiger partial charge on any atom is 0.500 e. The maximum absolute atomic E-state index is 12.0. The third kappa shape index (κ3) is 9.26. The van der Waals surface area contributed by atoms with Crippen molar-refractivity contribution in [2.24, 2.45) is 0 Å². The monoisotopic (exact) mass is 397 g/mol. The average Bonchev–Trinajstić information content (AvgIpc) is 2.60. The first kappa shape index (κ1) is 25.2. The van der Waals surface area contributed by atoms with Crippen molar-refractivity contribution in [3.63, 3.8) is 0 Å². The summed E-state index contributed by atoms with van der Waals surface area (Å²) in [4.78, 5) is 12.0. The highest BCUT2D eigenvalue weighted by atomic mass is 28.4. The second-order valence-corrected chi connectivity index (χ2v) is 7.70. The lowest BCUT2D eigenvalue weighted by atomic mass is 10.5. The standard InChI is InChI=1S/C16H35NO8Si/c1-7-20-16(19-6,21-8-2)25-15(18)17-13-12-14-26(22-9-3,23-10-4)24-11-5/h7-14H2,1-6H3,(H,17,18). The van der Waals surface area contributed by atoms with Crippen molar-refractivity contribution in [3.8, 4) is 0 Å². The van der Waals surface area contributed by atoms with E-state index in [0.717, 1.165) is 0 Å². The fourth-order valence-corrected chi connectivity index (χ4v) is 4.87. The number of hydrogen-bond acceptors (Lipinski definition) is 8. The van der Waals surface area contributed by atoms with E-state index >= 15 is 0 Å². The van der Waals surface area contributed by atoms with Gasteiger partial charge in [-0.1, -0.05) is 0 Å². The summed E-state index contributed by atoms with van der Waals surface area (Å²) in [5.74, 6) is 0. The van der Waals surface area contributed by atoms with Gasteiger partial charge >= 0.3 is 21.1 Å². The first-order valence-electron chi connectivity index (χ1n) is 9.18. The summed E-state index contributed by atoms with van der Waals surface area (Å²) < 4.78 is 38.0. The Kier molecular flexibility index (Phi) is 13.9. The Bertz CT molecular complexity index is 349. The Morgan fingerprint density at radius 2 is 1.38 bits per heavy atom. The zero-order valence-corrected chi connectivity index (χ0v) is 17.9. The molecule has 0 atom stereocenters. The number of carbonyl (C=O) groups is 1. The fraction of sp³-hybridized carbons (Fsp3) is 0.938. The molecule has 0 rings (SSSR count). The predicted molar refractivity (Wildman–Crippen MR) is 97.5 cm³/mol. The topological polar surface area (TPSA) is 93.7 Å². The SMILES string of the molecule is CCOC(OC)(OCC)OC(=O)NCCC[Si](OCC)(OCC)OCC. The molecule has 0 aliphatic rings. The van der Waals surface area contributed by atoms with Gasteiger partial charge in [-0.15, -0.1) is 0 Å². The molecule has 0 fully saturated rings. The number of hydrogen-bond donors (Lipinski definition) is 1. The van der Waals surface area contributed by atoms with Gasteiger partial charge < -0.3 is 23.3 Å². The van der Waals surface area contributed by atoms with E-state index in [1.54, 1.807) is 13.8 Å². The van der Waals surface area contributed by atoms with Crippen LogP contribution < -0.4 is 5.32 Å². The summed E-state index contributed by atoms with van der Waals surface area (Å²) in [6.45, 7) is 11.6. The van der Waals surface area contributed by atoms with Crippen LogP contribution in [0.3, 0.4) is 0 Å². The molecule has 0 bridgehead atoms. The van der Waals surface area contributed by atoms with Crippen LogP contribution in [0.5, 0.6) is 0 Å². The number of ether oxygens (including phenoxy) is 4. The lowest BCUT2D eigenvalue weighted by Crippen LogP contribution is -2.47. The molecule has 0 aromatic carbocycles. The lowest BCUT2D eigenvalue weighted by molar-refractivity contribution is -0.470. The van der Waals surface area contributed by atoms with Gasteiger partial charge in [-0.25, -0.2) is 4.79 Å². The normalized spacial score (nSPS) is 12.2. The van der Waals surface area contributed by atoms with Gasteiger partial charge in [-0.3, -0.25) is 14.2 Å². The minimum absolute atomic E-state index is 0.256. The van der Waals surface area contributed by atoms with Crippen LogP contribution in [-0.4, -0.2) is 67.7 Å². The van der Waals surface area contributed by atoms with E-state index in [-0.39, 0.29) is 13.2 Å². The lowest BCUT2D eigenvalue weighted by Gasteiger charge is -2.29. The molecule has 1 amide bonds. The highest BCUT2D eigenvalue weighted by Crippen LogP contribution is 2.19. The number of nitrogens with one attached hydrogen (secondary N) is 1. The van der Waals surface area contributed by atoms with E-state index in [0.29, 0.717) is 38.8 Å². The number of methoxy groups -OCH3 is 1. The second kappa shape index (κ2) is 14.3. The van der Waals surface area contributed by atoms with Gasteiger partial charge in [-0.2, -0.15) is 0 Å².